The van der Waals surface area contributed by atoms with Crippen LogP contribution in [0.25, 0.3) is 0 Å². The quantitative estimate of drug-likeness (QED) is 0.837. The summed E-state index contributed by atoms with van der Waals surface area (Å²) in [6.45, 7) is 3.50. The van der Waals surface area contributed by atoms with E-state index in [9.17, 15) is 9.59 Å². The monoisotopic (exact) mass is 334 g/mol. The third kappa shape index (κ3) is 5.40. The molecule has 0 aromatic carbocycles. The molecule has 2 heterocycles. The second-order valence-corrected chi connectivity index (χ2v) is 5.95. The van der Waals surface area contributed by atoms with E-state index in [2.05, 4.69) is 22.5 Å². The van der Waals surface area contributed by atoms with Gasteiger partial charge in [0.05, 0.1) is 19.0 Å². The van der Waals surface area contributed by atoms with Crippen LogP contribution in [-0.4, -0.2) is 48.1 Å². The van der Waals surface area contributed by atoms with E-state index in [0.717, 1.165) is 25.7 Å². The van der Waals surface area contributed by atoms with Crippen LogP contribution in [0, 0.1) is 0 Å². The van der Waals surface area contributed by atoms with Crippen LogP contribution in [0.4, 0.5) is 10.5 Å². The summed E-state index contributed by atoms with van der Waals surface area (Å²) >= 11 is 0. The Morgan fingerprint density at radius 3 is 2.67 bits per heavy atom. The fraction of sp³-hybridized carbons (Fsp3) is 0.588. The number of amides is 3. The molecule has 3 amide bonds. The van der Waals surface area contributed by atoms with Crippen molar-refractivity contribution in [2.75, 3.05) is 25.5 Å². The summed E-state index contributed by atoms with van der Waals surface area (Å²) in [6.07, 6.45) is 5.71. The number of carbonyl (C=O) groups excluding carboxylic acids is 2. The maximum absolute atomic E-state index is 12.0. The van der Waals surface area contributed by atoms with Gasteiger partial charge in [0, 0.05) is 31.6 Å². The highest BCUT2D eigenvalue weighted by atomic mass is 16.5. The highest BCUT2D eigenvalue weighted by Crippen LogP contribution is 2.14. The van der Waals surface area contributed by atoms with E-state index in [-0.39, 0.29) is 18.0 Å². The number of carbonyl (C=O) groups is 2. The average Bonchev–Trinajstić information content (AvgIpc) is 2.61. The molecule has 1 aliphatic rings. The van der Waals surface area contributed by atoms with Crippen LogP contribution >= 0.6 is 0 Å². The van der Waals surface area contributed by atoms with Crippen LogP contribution in [0.15, 0.2) is 18.3 Å². The number of nitrogens with zero attached hydrogens (tertiary/aromatic N) is 2. The van der Waals surface area contributed by atoms with Crippen molar-refractivity contribution in [3.8, 4) is 5.88 Å². The molecule has 1 saturated heterocycles. The Kier molecular flexibility index (Phi) is 6.84. The van der Waals surface area contributed by atoms with Gasteiger partial charge in [0.25, 0.3) is 0 Å². The molecule has 0 aliphatic carbocycles. The Morgan fingerprint density at radius 1 is 1.33 bits per heavy atom. The van der Waals surface area contributed by atoms with Gasteiger partial charge < -0.3 is 20.3 Å². The summed E-state index contributed by atoms with van der Waals surface area (Å²) in [5.41, 5.74) is 0.612. The summed E-state index contributed by atoms with van der Waals surface area (Å²) in [7, 11) is 1.54. The lowest BCUT2D eigenvalue weighted by Gasteiger charge is -2.32. The molecule has 0 bridgehead atoms. The van der Waals surface area contributed by atoms with Gasteiger partial charge in [0.15, 0.2) is 0 Å². The van der Waals surface area contributed by atoms with Crippen molar-refractivity contribution >= 4 is 17.6 Å². The molecule has 0 spiro atoms. The number of nitrogens with one attached hydrogen (secondary N) is 2. The number of ether oxygens (including phenoxy) is 1. The van der Waals surface area contributed by atoms with E-state index < -0.39 is 0 Å². The Bertz CT molecular complexity index is 539. The molecule has 1 aliphatic heterocycles. The molecular weight excluding hydrogens is 308 g/mol. The predicted octanol–water partition coefficient (Wildman–Crippen LogP) is 2.39. The number of hydrogen-bond donors (Lipinski definition) is 2. The van der Waals surface area contributed by atoms with Crippen LogP contribution in [-0.2, 0) is 4.79 Å². The minimum absolute atomic E-state index is 0.0893. The Hall–Kier alpha value is -2.31. The Balaban J connectivity index is 1.72. The van der Waals surface area contributed by atoms with Gasteiger partial charge in [0.2, 0.25) is 11.8 Å². The van der Waals surface area contributed by atoms with Crippen LogP contribution in [0.2, 0.25) is 0 Å². The third-order valence-corrected chi connectivity index (χ3v) is 4.13. The third-order valence-electron chi connectivity index (χ3n) is 4.13. The summed E-state index contributed by atoms with van der Waals surface area (Å²) in [6, 6.07) is 3.26. The van der Waals surface area contributed by atoms with Crippen molar-refractivity contribution in [3.63, 3.8) is 0 Å². The van der Waals surface area contributed by atoms with E-state index in [0.29, 0.717) is 31.1 Å². The second-order valence-electron chi connectivity index (χ2n) is 5.95. The van der Waals surface area contributed by atoms with Crippen LogP contribution < -0.4 is 15.4 Å². The van der Waals surface area contributed by atoms with Gasteiger partial charge in [-0.3, -0.25) is 4.79 Å². The maximum Gasteiger partial charge on any atom is 0.319 e. The first kappa shape index (κ1) is 18.0. The first-order valence-electron chi connectivity index (χ1n) is 8.47. The maximum atomic E-state index is 12.0. The van der Waals surface area contributed by atoms with Crippen molar-refractivity contribution < 1.29 is 14.3 Å². The number of pyridine rings is 1. The van der Waals surface area contributed by atoms with Gasteiger partial charge in [-0.05, 0) is 25.3 Å². The van der Waals surface area contributed by atoms with E-state index in [1.54, 1.807) is 25.4 Å². The lowest BCUT2D eigenvalue weighted by atomic mass is 10.0. The number of aromatic nitrogens is 1. The number of piperidine rings is 1. The Morgan fingerprint density at radius 2 is 2.08 bits per heavy atom. The van der Waals surface area contributed by atoms with Crippen LogP contribution in [0.5, 0.6) is 5.88 Å². The highest BCUT2D eigenvalue weighted by Gasteiger charge is 2.23. The average molecular weight is 334 g/mol. The van der Waals surface area contributed by atoms with E-state index in [1.165, 1.54) is 0 Å². The first-order chi connectivity index (χ1) is 11.6. The summed E-state index contributed by atoms with van der Waals surface area (Å²) in [4.78, 5) is 30.0. The number of likely N-dealkylation sites (tertiary alicyclic amines) is 1. The lowest BCUT2D eigenvalue weighted by molar-refractivity contribution is -0.132. The van der Waals surface area contributed by atoms with Gasteiger partial charge in [-0.15, -0.1) is 0 Å². The molecule has 0 radical (unpaired) electrons. The van der Waals surface area contributed by atoms with Crippen molar-refractivity contribution in [1.82, 2.24) is 15.2 Å². The lowest BCUT2D eigenvalue weighted by Crippen LogP contribution is -2.47. The molecule has 24 heavy (non-hydrogen) atoms. The minimum Gasteiger partial charge on any atom is -0.481 e. The van der Waals surface area contributed by atoms with Gasteiger partial charge in [0.1, 0.15) is 0 Å². The van der Waals surface area contributed by atoms with Crippen molar-refractivity contribution in [1.29, 1.82) is 0 Å². The fourth-order valence-electron chi connectivity index (χ4n) is 2.69. The minimum atomic E-state index is -0.252. The molecule has 1 aromatic rings. The van der Waals surface area contributed by atoms with Gasteiger partial charge >= 0.3 is 6.03 Å². The smallest absolute Gasteiger partial charge is 0.319 e. The molecule has 1 fully saturated rings. The van der Waals surface area contributed by atoms with Crippen molar-refractivity contribution in [2.24, 2.45) is 0 Å². The Labute approximate surface area is 142 Å². The van der Waals surface area contributed by atoms with Crippen LogP contribution in [0.3, 0.4) is 0 Å². The molecule has 132 valence electrons. The topological polar surface area (TPSA) is 83.6 Å². The highest BCUT2D eigenvalue weighted by molar-refractivity contribution is 5.89. The number of unbranched alkanes of at least 4 members (excludes halogenated alkanes) is 1. The number of urea groups is 1. The van der Waals surface area contributed by atoms with E-state index >= 15 is 0 Å². The number of hydrogen-bond acceptors (Lipinski definition) is 4. The molecular formula is C17H26N4O3. The summed E-state index contributed by atoms with van der Waals surface area (Å²) in [5, 5.41) is 5.71. The molecule has 2 N–H and O–H groups in total. The second kappa shape index (κ2) is 9.10. The number of methoxy groups -OCH3 is 1. The number of rotatable bonds is 6. The van der Waals surface area contributed by atoms with Gasteiger partial charge in [-0.1, -0.05) is 13.3 Å². The largest absolute Gasteiger partial charge is 0.481 e. The molecule has 0 unspecified atom stereocenters. The SMILES string of the molecule is CCCCC(=O)N1CCC(NC(=O)Nc2ccc(OC)nc2)CC1. The van der Waals surface area contributed by atoms with Crippen molar-refractivity contribution in [2.45, 2.75) is 45.1 Å². The zero-order chi connectivity index (χ0) is 17.4. The molecule has 1 aromatic heterocycles. The number of anilines is 1. The summed E-state index contributed by atoms with van der Waals surface area (Å²) < 4.78 is 4.98. The molecule has 7 nitrogen and oxygen atoms in total. The normalized spacial score (nSPS) is 15.0. The van der Waals surface area contributed by atoms with Crippen molar-refractivity contribution in [3.05, 3.63) is 18.3 Å². The molecule has 7 heteroatoms. The van der Waals surface area contributed by atoms with Crippen LogP contribution in [0.1, 0.15) is 39.0 Å². The van der Waals surface area contributed by atoms with Gasteiger partial charge in [-0.2, -0.15) is 0 Å². The zero-order valence-electron chi connectivity index (χ0n) is 14.4. The van der Waals surface area contributed by atoms with E-state index in [4.69, 9.17) is 4.74 Å². The van der Waals surface area contributed by atoms with Gasteiger partial charge in [-0.25, -0.2) is 9.78 Å². The van der Waals surface area contributed by atoms with E-state index in [1.807, 2.05) is 4.90 Å². The first-order valence-corrected chi connectivity index (χ1v) is 8.47. The standard InChI is InChI=1S/C17H26N4O3/c1-3-4-5-16(22)21-10-8-13(9-11-21)19-17(23)20-14-6-7-15(24-2)18-12-14/h6-7,12-13H,3-5,8-11H2,1-2H3,(H2,19,20,23). The predicted molar refractivity (Wildman–Crippen MR) is 92.1 cm³/mol. The molecule has 0 saturated carbocycles. The zero-order valence-corrected chi connectivity index (χ0v) is 14.4. The molecule has 2 rings (SSSR count). The molecule has 0 atom stereocenters. The summed E-state index contributed by atoms with van der Waals surface area (Å²) in [5.74, 6) is 0.727. The fourth-order valence-corrected chi connectivity index (χ4v) is 2.69.